The van der Waals surface area contributed by atoms with Gasteiger partial charge in [-0.25, -0.2) is 9.59 Å². The Balaban J connectivity index is 1.22. The second kappa shape index (κ2) is 13.9. The normalized spacial score (nSPS) is 21.2. The van der Waals surface area contributed by atoms with E-state index in [4.69, 9.17) is 9.47 Å². The van der Waals surface area contributed by atoms with E-state index in [0.29, 0.717) is 71.9 Å². The largest absolute Gasteiger partial charge is 0.507 e. The number of nitrogens with zero attached hydrogens (tertiary/aromatic N) is 4. The number of carbonyl (C=O) groups is 3. The van der Waals surface area contributed by atoms with E-state index in [1.54, 1.807) is 9.80 Å². The fraction of sp³-hybridized carbons (Fsp3) is 0.571. The highest BCUT2D eigenvalue weighted by molar-refractivity contribution is 5.91. The van der Waals surface area contributed by atoms with Crippen LogP contribution in [0, 0.1) is 13.8 Å². The molecular formula is C35H47N5O6. The number of hydrogen-bond donors (Lipinski definition) is 2. The molecule has 1 atom stereocenters. The van der Waals surface area contributed by atoms with Crippen molar-refractivity contribution in [3.8, 4) is 5.75 Å². The number of likely N-dealkylation sites (tertiary alicyclic amines) is 2. The van der Waals surface area contributed by atoms with Gasteiger partial charge >= 0.3 is 12.1 Å². The number of morpholine rings is 1. The number of ether oxygens (including phenoxy) is 2. The fourth-order valence-corrected chi connectivity index (χ4v) is 7.63. The van der Waals surface area contributed by atoms with Crippen LogP contribution in [0.1, 0.15) is 54.4 Å². The molecule has 2 aromatic carbocycles. The van der Waals surface area contributed by atoms with Crippen molar-refractivity contribution in [3.63, 3.8) is 0 Å². The molecule has 4 amide bonds. The Morgan fingerprint density at radius 2 is 1.61 bits per heavy atom. The summed E-state index contributed by atoms with van der Waals surface area (Å²) in [4.78, 5) is 49.2. The Kier molecular flexibility index (Phi) is 9.70. The average molecular weight is 634 g/mol. The van der Waals surface area contributed by atoms with Gasteiger partial charge in [-0.05, 0) is 67.9 Å². The van der Waals surface area contributed by atoms with Gasteiger partial charge in [0.05, 0.1) is 13.2 Å². The molecule has 0 aliphatic carbocycles. The maximum Gasteiger partial charge on any atom is 0.410 e. The number of piperidine rings is 2. The van der Waals surface area contributed by atoms with Crippen LogP contribution < -0.4 is 5.32 Å². The number of nitrogens with one attached hydrogen (secondary N) is 1. The van der Waals surface area contributed by atoms with Crippen molar-refractivity contribution in [2.24, 2.45) is 0 Å². The first-order chi connectivity index (χ1) is 22.2. The summed E-state index contributed by atoms with van der Waals surface area (Å²) in [7, 11) is 0. The van der Waals surface area contributed by atoms with Crippen LogP contribution in [0.2, 0.25) is 0 Å². The topological polar surface area (TPSA) is 115 Å². The fourth-order valence-electron chi connectivity index (χ4n) is 7.63. The summed E-state index contributed by atoms with van der Waals surface area (Å²) in [6.07, 6.45) is 3.60. The van der Waals surface area contributed by atoms with E-state index in [-0.39, 0.29) is 24.1 Å². The van der Waals surface area contributed by atoms with Crippen molar-refractivity contribution in [2.75, 3.05) is 64.3 Å². The minimum Gasteiger partial charge on any atom is -0.507 e. The molecular weight excluding hydrogens is 586 g/mol. The first kappa shape index (κ1) is 32.1. The summed E-state index contributed by atoms with van der Waals surface area (Å²) >= 11 is 0. The number of phenolic OH excluding ortho intramolecular Hbond substituents is 1. The average Bonchev–Trinajstić information content (AvgIpc) is 3.25. The van der Waals surface area contributed by atoms with Gasteiger partial charge in [0, 0.05) is 70.8 Å². The van der Waals surface area contributed by atoms with Crippen LogP contribution in [0.5, 0.6) is 5.75 Å². The lowest BCUT2D eigenvalue weighted by Crippen LogP contribution is -2.69. The molecule has 0 unspecified atom stereocenters. The molecule has 0 radical (unpaired) electrons. The van der Waals surface area contributed by atoms with Gasteiger partial charge < -0.3 is 34.6 Å². The number of anilines is 1. The van der Waals surface area contributed by atoms with Crippen LogP contribution >= 0.6 is 0 Å². The van der Waals surface area contributed by atoms with Gasteiger partial charge in [0.25, 0.3) is 5.91 Å². The van der Waals surface area contributed by atoms with Gasteiger partial charge in [-0.3, -0.25) is 9.69 Å². The summed E-state index contributed by atoms with van der Waals surface area (Å²) < 4.78 is 11.7. The van der Waals surface area contributed by atoms with E-state index >= 15 is 0 Å². The molecule has 11 nitrogen and oxygen atoms in total. The lowest BCUT2D eigenvalue weighted by atomic mass is 9.91. The monoisotopic (exact) mass is 633 g/mol. The second-order valence-electron chi connectivity index (χ2n) is 13.1. The van der Waals surface area contributed by atoms with Gasteiger partial charge in [-0.2, -0.15) is 0 Å². The minimum absolute atomic E-state index is 0.123. The SMILES string of the molecule is Cc1cc(C[C@@H](OC(=O)N2CCCCC2)C(=O)N2CCC(N3CCOCC3)(N3CCc4ccccc4NC3=O)CC2)cc(C)c1O. The van der Waals surface area contributed by atoms with Crippen molar-refractivity contribution >= 4 is 23.7 Å². The van der Waals surface area contributed by atoms with E-state index in [0.717, 1.165) is 53.6 Å². The van der Waals surface area contributed by atoms with Crippen LogP contribution in [-0.4, -0.2) is 114 Å². The van der Waals surface area contributed by atoms with Gasteiger partial charge in [0.1, 0.15) is 11.4 Å². The molecule has 11 heteroatoms. The Labute approximate surface area is 271 Å². The van der Waals surface area contributed by atoms with E-state index in [9.17, 15) is 19.5 Å². The lowest BCUT2D eigenvalue weighted by Gasteiger charge is -2.55. The van der Waals surface area contributed by atoms with Crippen LogP contribution in [0.3, 0.4) is 0 Å². The number of phenols is 1. The number of urea groups is 1. The summed E-state index contributed by atoms with van der Waals surface area (Å²) in [5.41, 5.74) is 3.65. The second-order valence-corrected chi connectivity index (χ2v) is 13.1. The minimum atomic E-state index is -0.996. The predicted octanol–water partition coefficient (Wildman–Crippen LogP) is 4.28. The maximum absolute atomic E-state index is 14.2. The van der Waals surface area contributed by atoms with Crippen LogP contribution in [0.4, 0.5) is 15.3 Å². The van der Waals surface area contributed by atoms with Gasteiger partial charge in [0.15, 0.2) is 6.10 Å². The molecule has 4 heterocycles. The van der Waals surface area contributed by atoms with E-state index in [1.807, 2.05) is 49.1 Å². The number of amides is 4. The first-order valence-corrected chi connectivity index (χ1v) is 16.8. The van der Waals surface area contributed by atoms with E-state index in [2.05, 4.69) is 16.3 Å². The number of fused-ring (bicyclic) bond motifs is 1. The zero-order valence-electron chi connectivity index (χ0n) is 27.1. The van der Waals surface area contributed by atoms with Crippen molar-refractivity contribution in [3.05, 3.63) is 58.7 Å². The molecule has 2 N–H and O–H groups in total. The molecule has 6 rings (SSSR count). The smallest absolute Gasteiger partial charge is 0.410 e. The third-order valence-electron chi connectivity index (χ3n) is 10.2. The number of aryl methyl sites for hydroxylation is 2. The third kappa shape index (κ3) is 6.66. The summed E-state index contributed by atoms with van der Waals surface area (Å²) in [5.74, 6) is 0.00473. The number of benzene rings is 2. The Hall–Kier alpha value is -3.83. The van der Waals surface area contributed by atoms with Crippen molar-refractivity contribution in [2.45, 2.75) is 70.6 Å². The lowest BCUT2D eigenvalue weighted by molar-refractivity contribution is -0.149. The predicted molar refractivity (Wildman–Crippen MR) is 174 cm³/mol. The standard InChI is InChI=1S/C35H47N5O6/c1-25-22-27(23-26(2)31(25)41)24-30(46-34(44)38-13-6-3-7-14-38)32(42)37-16-11-35(12-17-37,39-18-20-45-21-19-39)40-15-10-28-8-4-5-9-29(28)36-33(40)43/h4-5,8-9,22-23,30,41H,3,6-7,10-21,24H2,1-2H3,(H,36,43)/t30-/m1/s1. The first-order valence-electron chi connectivity index (χ1n) is 16.8. The number of para-hydroxylation sites is 1. The highest BCUT2D eigenvalue weighted by atomic mass is 16.6. The molecule has 0 bridgehead atoms. The highest BCUT2D eigenvalue weighted by Gasteiger charge is 2.49. The molecule has 0 spiro atoms. The van der Waals surface area contributed by atoms with Crippen molar-refractivity contribution in [1.82, 2.24) is 19.6 Å². The van der Waals surface area contributed by atoms with Crippen molar-refractivity contribution < 1.29 is 29.0 Å². The Bertz CT molecular complexity index is 1410. The number of aromatic hydroxyl groups is 1. The molecule has 46 heavy (non-hydrogen) atoms. The van der Waals surface area contributed by atoms with E-state index < -0.39 is 17.9 Å². The van der Waals surface area contributed by atoms with Gasteiger partial charge in [-0.15, -0.1) is 0 Å². The van der Waals surface area contributed by atoms with Gasteiger partial charge in [-0.1, -0.05) is 30.3 Å². The number of carbonyl (C=O) groups excluding carboxylic acids is 3. The van der Waals surface area contributed by atoms with Crippen LogP contribution in [0.15, 0.2) is 36.4 Å². The Morgan fingerprint density at radius 1 is 0.935 bits per heavy atom. The summed E-state index contributed by atoms with van der Waals surface area (Å²) in [6.45, 7) is 8.96. The van der Waals surface area contributed by atoms with Gasteiger partial charge in [0.2, 0.25) is 0 Å². The van der Waals surface area contributed by atoms with Crippen LogP contribution in [-0.2, 0) is 27.1 Å². The molecule has 248 valence electrons. The van der Waals surface area contributed by atoms with Crippen LogP contribution in [0.25, 0.3) is 0 Å². The zero-order valence-corrected chi connectivity index (χ0v) is 27.1. The summed E-state index contributed by atoms with van der Waals surface area (Å²) in [6, 6.07) is 11.5. The summed E-state index contributed by atoms with van der Waals surface area (Å²) in [5, 5.41) is 13.5. The molecule has 3 saturated heterocycles. The molecule has 0 aromatic heterocycles. The molecule has 0 saturated carbocycles. The highest BCUT2D eigenvalue weighted by Crippen LogP contribution is 2.36. The van der Waals surface area contributed by atoms with E-state index in [1.165, 1.54) is 0 Å². The number of hydrogen-bond acceptors (Lipinski definition) is 7. The van der Waals surface area contributed by atoms with Crippen molar-refractivity contribution in [1.29, 1.82) is 0 Å². The zero-order chi connectivity index (χ0) is 32.3. The molecule has 3 fully saturated rings. The quantitative estimate of drug-likeness (QED) is 0.488. The maximum atomic E-state index is 14.2. The molecule has 4 aliphatic heterocycles. The molecule has 2 aromatic rings. The number of rotatable bonds is 6. The third-order valence-corrected chi connectivity index (χ3v) is 10.2. The molecule has 4 aliphatic rings. The Morgan fingerprint density at radius 3 is 2.30 bits per heavy atom.